The van der Waals surface area contributed by atoms with Gasteiger partial charge in [0.15, 0.2) is 4.32 Å². The molecule has 0 atom stereocenters. The summed E-state index contributed by atoms with van der Waals surface area (Å²) in [5.74, 6) is 0.578. The molecule has 0 bridgehead atoms. The molecule has 0 aliphatic carbocycles. The standard InChI is InChI=1S/C23H18N2O4S2/c1-3-15-6-4-5-7-18(15)24-22(26)21(31-23(24)30)13-16-9-11-20(29-16)17-10-8-14(2)12-19(17)25(27)28/h4-13H,3H2,1-2H3. The Bertz CT molecular complexity index is 1250. The SMILES string of the molecule is CCc1ccccc1N1C(=O)C(=Cc2ccc(-c3ccc(C)cc3[N+](=O)[O-])o2)SC1=S. The number of aryl methyl sites for hydroxylation is 2. The zero-order valence-corrected chi connectivity index (χ0v) is 18.5. The maximum Gasteiger partial charge on any atom is 0.280 e. The molecule has 0 unspecified atom stereocenters. The van der Waals surface area contributed by atoms with E-state index in [1.54, 1.807) is 42.2 Å². The first kappa shape index (κ1) is 21.0. The molecule has 1 aliphatic rings. The minimum atomic E-state index is -0.430. The summed E-state index contributed by atoms with van der Waals surface area (Å²) < 4.78 is 6.28. The van der Waals surface area contributed by atoms with Crippen molar-refractivity contribution in [3.05, 3.63) is 86.5 Å². The van der Waals surface area contributed by atoms with Gasteiger partial charge in [0.05, 0.1) is 21.1 Å². The van der Waals surface area contributed by atoms with Crippen molar-refractivity contribution in [3.8, 4) is 11.3 Å². The van der Waals surface area contributed by atoms with Crippen LogP contribution in [0.3, 0.4) is 0 Å². The molecule has 2 aromatic carbocycles. The largest absolute Gasteiger partial charge is 0.456 e. The average molecular weight is 451 g/mol. The number of thiocarbonyl (C=S) groups is 1. The van der Waals surface area contributed by atoms with Gasteiger partial charge in [-0.2, -0.15) is 0 Å². The van der Waals surface area contributed by atoms with Crippen LogP contribution >= 0.6 is 24.0 Å². The van der Waals surface area contributed by atoms with E-state index in [-0.39, 0.29) is 11.6 Å². The second-order valence-electron chi connectivity index (χ2n) is 6.98. The number of rotatable bonds is 5. The van der Waals surface area contributed by atoms with Gasteiger partial charge in [0.25, 0.3) is 11.6 Å². The van der Waals surface area contributed by atoms with Crippen molar-refractivity contribution in [1.82, 2.24) is 0 Å². The Kier molecular flexibility index (Phi) is 5.75. The lowest BCUT2D eigenvalue weighted by Crippen LogP contribution is -2.28. The highest BCUT2D eigenvalue weighted by Gasteiger charge is 2.34. The van der Waals surface area contributed by atoms with Crippen LogP contribution in [-0.2, 0) is 11.2 Å². The fourth-order valence-electron chi connectivity index (χ4n) is 3.41. The molecule has 0 saturated carbocycles. The number of para-hydroxylation sites is 1. The molecule has 0 N–H and O–H groups in total. The summed E-state index contributed by atoms with van der Waals surface area (Å²) in [7, 11) is 0. The van der Waals surface area contributed by atoms with E-state index in [1.165, 1.54) is 17.8 Å². The molecule has 0 spiro atoms. The highest BCUT2D eigenvalue weighted by Crippen LogP contribution is 2.38. The molecule has 6 nitrogen and oxygen atoms in total. The summed E-state index contributed by atoms with van der Waals surface area (Å²) in [6.45, 7) is 3.82. The van der Waals surface area contributed by atoms with Crippen molar-refractivity contribution in [2.24, 2.45) is 0 Å². The lowest BCUT2D eigenvalue weighted by Gasteiger charge is -2.17. The van der Waals surface area contributed by atoms with Gasteiger partial charge in [-0.25, -0.2) is 0 Å². The van der Waals surface area contributed by atoms with E-state index in [9.17, 15) is 14.9 Å². The minimum absolute atomic E-state index is 0.0246. The summed E-state index contributed by atoms with van der Waals surface area (Å²) in [6.07, 6.45) is 2.40. The van der Waals surface area contributed by atoms with Crippen LogP contribution in [0.4, 0.5) is 11.4 Å². The summed E-state index contributed by atoms with van der Waals surface area (Å²) in [5, 5.41) is 11.4. The smallest absolute Gasteiger partial charge is 0.280 e. The molecule has 1 aliphatic heterocycles. The number of carbonyl (C=O) groups excluding carboxylic acids is 1. The highest BCUT2D eigenvalue weighted by molar-refractivity contribution is 8.27. The van der Waals surface area contributed by atoms with Crippen LogP contribution < -0.4 is 4.90 Å². The average Bonchev–Trinajstić information content (AvgIpc) is 3.32. The van der Waals surface area contributed by atoms with E-state index in [0.29, 0.717) is 26.3 Å². The van der Waals surface area contributed by atoms with Gasteiger partial charge in [0.1, 0.15) is 11.5 Å². The van der Waals surface area contributed by atoms with Gasteiger partial charge >= 0.3 is 0 Å². The predicted molar refractivity (Wildman–Crippen MR) is 127 cm³/mol. The molecule has 4 rings (SSSR count). The zero-order chi connectivity index (χ0) is 22.1. The normalized spacial score (nSPS) is 15.2. The Labute approximate surface area is 188 Å². The summed E-state index contributed by atoms with van der Waals surface area (Å²) >= 11 is 6.67. The number of furan rings is 1. The van der Waals surface area contributed by atoms with Crippen LogP contribution in [0.5, 0.6) is 0 Å². The number of nitrogens with zero attached hydrogens (tertiary/aromatic N) is 2. The van der Waals surface area contributed by atoms with Crippen LogP contribution in [0.1, 0.15) is 23.8 Å². The summed E-state index contributed by atoms with van der Waals surface area (Å²) in [4.78, 5) is 26.0. The molecular weight excluding hydrogens is 432 g/mol. The first-order valence-electron chi connectivity index (χ1n) is 9.60. The van der Waals surface area contributed by atoms with E-state index in [1.807, 2.05) is 31.2 Å². The maximum atomic E-state index is 13.1. The molecule has 1 aromatic heterocycles. The summed E-state index contributed by atoms with van der Waals surface area (Å²) in [6, 6.07) is 16.0. The Balaban J connectivity index is 1.66. The molecule has 31 heavy (non-hydrogen) atoms. The van der Waals surface area contributed by atoms with Crippen LogP contribution in [0.15, 0.2) is 63.9 Å². The van der Waals surface area contributed by atoms with Crippen molar-refractivity contribution < 1.29 is 14.1 Å². The Morgan fingerprint density at radius 2 is 1.97 bits per heavy atom. The first-order chi connectivity index (χ1) is 14.9. The molecule has 2 heterocycles. The highest BCUT2D eigenvalue weighted by atomic mass is 32.2. The van der Waals surface area contributed by atoms with Gasteiger partial charge in [0, 0.05) is 12.1 Å². The van der Waals surface area contributed by atoms with Gasteiger partial charge in [-0.05, 0) is 48.7 Å². The number of carbonyl (C=O) groups is 1. The number of anilines is 1. The number of nitro benzene ring substituents is 1. The van der Waals surface area contributed by atoms with Crippen molar-refractivity contribution in [3.63, 3.8) is 0 Å². The van der Waals surface area contributed by atoms with Crippen LogP contribution in [0, 0.1) is 17.0 Å². The van der Waals surface area contributed by atoms with Crippen LogP contribution in [0.2, 0.25) is 0 Å². The lowest BCUT2D eigenvalue weighted by molar-refractivity contribution is -0.384. The zero-order valence-electron chi connectivity index (χ0n) is 16.8. The number of hydrogen-bond acceptors (Lipinski definition) is 6. The van der Waals surface area contributed by atoms with Gasteiger partial charge in [0.2, 0.25) is 0 Å². The second kappa shape index (κ2) is 8.49. The van der Waals surface area contributed by atoms with Crippen molar-refractivity contribution in [1.29, 1.82) is 0 Å². The van der Waals surface area contributed by atoms with Crippen LogP contribution in [0.25, 0.3) is 17.4 Å². The molecule has 156 valence electrons. The van der Waals surface area contributed by atoms with E-state index in [0.717, 1.165) is 23.2 Å². The maximum absolute atomic E-state index is 13.1. The minimum Gasteiger partial charge on any atom is -0.456 e. The molecule has 1 amide bonds. The van der Waals surface area contributed by atoms with Crippen molar-refractivity contribution >= 4 is 51.7 Å². The molecule has 3 aromatic rings. The predicted octanol–water partition coefficient (Wildman–Crippen LogP) is 6.13. The van der Waals surface area contributed by atoms with Crippen LogP contribution in [-0.4, -0.2) is 15.2 Å². The lowest BCUT2D eigenvalue weighted by atomic mass is 10.1. The number of amides is 1. The van der Waals surface area contributed by atoms with Gasteiger partial charge < -0.3 is 4.42 Å². The fraction of sp³-hybridized carbons (Fsp3) is 0.130. The quantitative estimate of drug-likeness (QED) is 0.201. The van der Waals surface area contributed by atoms with Crippen molar-refractivity contribution in [2.45, 2.75) is 20.3 Å². The molecule has 8 heteroatoms. The van der Waals surface area contributed by atoms with E-state index < -0.39 is 4.92 Å². The number of nitro groups is 1. The third-order valence-electron chi connectivity index (χ3n) is 4.92. The van der Waals surface area contributed by atoms with Crippen molar-refractivity contribution in [2.75, 3.05) is 4.90 Å². The number of thioether (sulfide) groups is 1. The van der Waals surface area contributed by atoms with E-state index >= 15 is 0 Å². The molecule has 0 radical (unpaired) electrons. The van der Waals surface area contributed by atoms with Gasteiger partial charge in [-0.1, -0.05) is 55.2 Å². The van der Waals surface area contributed by atoms with Gasteiger partial charge in [-0.3, -0.25) is 19.8 Å². The Morgan fingerprint density at radius 3 is 2.71 bits per heavy atom. The fourth-order valence-corrected chi connectivity index (χ4v) is 4.67. The number of hydrogen-bond donors (Lipinski definition) is 0. The van der Waals surface area contributed by atoms with E-state index in [2.05, 4.69) is 0 Å². The Hall–Kier alpha value is -3.23. The Morgan fingerprint density at radius 1 is 1.19 bits per heavy atom. The number of benzene rings is 2. The topological polar surface area (TPSA) is 76.6 Å². The second-order valence-corrected chi connectivity index (χ2v) is 8.65. The van der Waals surface area contributed by atoms with Gasteiger partial charge in [-0.15, -0.1) is 0 Å². The summed E-state index contributed by atoms with van der Waals surface area (Å²) in [5.41, 5.74) is 2.97. The third-order valence-corrected chi connectivity index (χ3v) is 6.22. The third kappa shape index (κ3) is 4.04. The monoisotopic (exact) mass is 450 g/mol. The molecule has 1 fully saturated rings. The molecule has 1 saturated heterocycles. The first-order valence-corrected chi connectivity index (χ1v) is 10.8. The molecular formula is C23H18N2O4S2. The van der Waals surface area contributed by atoms with E-state index in [4.69, 9.17) is 16.6 Å².